The molecule has 1 N–H and O–H groups in total. The molecular weight excluding hydrogens is 512 g/mol. The minimum absolute atomic E-state index is 0.178. The largest absolute Gasteiger partial charge is 0.297 e. The molecule has 7 heteroatoms. The Kier molecular flexibility index (Phi) is 4.98. The van der Waals surface area contributed by atoms with Crippen LogP contribution < -0.4 is 15.8 Å². The van der Waals surface area contributed by atoms with Gasteiger partial charge in [-0.25, -0.2) is 9.88 Å². The van der Waals surface area contributed by atoms with Gasteiger partial charge in [0.1, 0.15) is 11.4 Å². The smallest absolute Gasteiger partial charge is 0.266 e. The minimum atomic E-state index is -1.13. The fourth-order valence-electron chi connectivity index (χ4n) is 7.57. The van der Waals surface area contributed by atoms with Crippen LogP contribution in [0.2, 0.25) is 0 Å². The summed E-state index contributed by atoms with van der Waals surface area (Å²) in [6.45, 7) is 4.25. The fourth-order valence-corrected chi connectivity index (χ4v) is 7.57. The van der Waals surface area contributed by atoms with Crippen LogP contribution in [0, 0.1) is 17.8 Å². The second-order valence-corrected chi connectivity index (χ2v) is 11.8. The van der Waals surface area contributed by atoms with E-state index in [0.29, 0.717) is 34.5 Å². The standard InChI is InChI=1S/C34H28N4O3/c1-19(2)18-25-28-29(32(41)37(31(28)40)26-17-9-11-20-10-3-4-12-21(20)26)34(36-25)23-14-6-8-16-27(23)38-30(39)22-13-5-7-15-24(22)35-33(34)38/h3-17,19,25,28-29,36H,18H2,1-2H3. The molecule has 202 valence electrons. The lowest BCUT2D eigenvalue weighted by Gasteiger charge is -2.32. The zero-order valence-electron chi connectivity index (χ0n) is 22.7. The molecule has 3 aliphatic rings. The SMILES string of the molecule is CC(C)CC1NC2(c3ccccc3-n3c2nc2ccccc2c3=O)C2C(=O)N(c3cccc4ccccc34)C(=O)C12. The van der Waals surface area contributed by atoms with Crippen molar-refractivity contribution in [2.45, 2.75) is 31.8 Å². The third kappa shape index (κ3) is 3.07. The van der Waals surface area contributed by atoms with Crippen molar-refractivity contribution in [1.29, 1.82) is 0 Å². The molecule has 1 spiro atoms. The normalized spacial score (nSPS) is 24.6. The summed E-state index contributed by atoms with van der Waals surface area (Å²) in [5, 5.41) is 6.12. The van der Waals surface area contributed by atoms with Gasteiger partial charge in [-0.1, -0.05) is 80.6 Å². The molecule has 0 saturated carbocycles. The van der Waals surface area contributed by atoms with Crippen molar-refractivity contribution in [1.82, 2.24) is 14.9 Å². The minimum Gasteiger partial charge on any atom is -0.297 e. The third-order valence-corrected chi connectivity index (χ3v) is 9.10. The highest BCUT2D eigenvalue weighted by Gasteiger charge is 2.69. The number of imide groups is 1. The number of anilines is 1. The summed E-state index contributed by atoms with van der Waals surface area (Å²) < 4.78 is 1.65. The molecule has 4 unspecified atom stereocenters. The van der Waals surface area contributed by atoms with Gasteiger partial charge in [0.15, 0.2) is 0 Å². The first-order valence-electron chi connectivity index (χ1n) is 14.2. The maximum atomic E-state index is 14.8. The van der Waals surface area contributed by atoms with Gasteiger partial charge in [0.25, 0.3) is 5.56 Å². The Balaban J connectivity index is 1.41. The number of carbonyl (C=O) groups is 2. The quantitative estimate of drug-likeness (QED) is 0.329. The first kappa shape index (κ1) is 24.2. The lowest BCUT2D eigenvalue weighted by molar-refractivity contribution is -0.123. The van der Waals surface area contributed by atoms with Crippen LogP contribution >= 0.6 is 0 Å². The number of hydrogen-bond donors (Lipinski definition) is 1. The molecule has 4 heterocycles. The molecule has 0 bridgehead atoms. The fraction of sp³-hybridized carbons (Fsp3) is 0.235. The second-order valence-electron chi connectivity index (χ2n) is 11.8. The van der Waals surface area contributed by atoms with Crippen molar-refractivity contribution in [3.63, 3.8) is 0 Å². The molecular formula is C34H28N4O3. The molecule has 4 atom stereocenters. The van der Waals surface area contributed by atoms with Gasteiger partial charge in [-0.3, -0.25) is 24.3 Å². The molecule has 41 heavy (non-hydrogen) atoms. The molecule has 0 aliphatic carbocycles. The molecule has 4 aromatic carbocycles. The number of carbonyl (C=O) groups excluding carboxylic acids is 2. The Hall–Kier alpha value is -4.62. The van der Waals surface area contributed by atoms with Crippen LogP contribution in [-0.2, 0) is 15.1 Å². The van der Waals surface area contributed by atoms with E-state index in [0.717, 1.165) is 16.3 Å². The highest BCUT2D eigenvalue weighted by molar-refractivity contribution is 6.26. The number of para-hydroxylation sites is 2. The van der Waals surface area contributed by atoms with Gasteiger partial charge in [-0.2, -0.15) is 0 Å². The van der Waals surface area contributed by atoms with Crippen LogP contribution in [0.3, 0.4) is 0 Å². The van der Waals surface area contributed by atoms with Crippen molar-refractivity contribution in [3.05, 3.63) is 113 Å². The Bertz CT molecular complexity index is 1990. The Labute approximate surface area is 236 Å². The van der Waals surface area contributed by atoms with E-state index in [4.69, 9.17) is 4.98 Å². The summed E-state index contributed by atoms with van der Waals surface area (Å²) in [7, 11) is 0. The Morgan fingerprint density at radius 3 is 2.32 bits per heavy atom. The zero-order chi connectivity index (χ0) is 28.0. The first-order chi connectivity index (χ1) is 19.9. The highest BCUT2D eigenvalue weighted by Crippen LogP contribution is 2.56. The maximum Gasteiger partial charge on any atom is 0.266 e. The number of rotatable bonds is 3. The Morgan fingerprint density at radius 1 is 0.805 bits per heavy atom. The van der Waals surface area contributed by atoms with E-state index in [1.54, 1.807) is 10.6 Å². The number of benzene rings is 4. The Morgan fingerprint density at radius 2 is 1.49 bits per heavy atom. The van der Waals surface area contributed by atoms with Gasteiger partial charge in [-0.05, 0) is 42.0 Å². The van der Waals surface area contributed by atoms with Gasteiger partial charge in [0.05, 0.1) is 34.1 Å². The monoisotopic (exact) mass is 540 g/mol. The molecule has 2 saturated heterocycles. The van der Waals surface area contributed by atoms with Crippen LogP contribution in [0.15, 0.2) is 95.8 Å². The van der Waals surface area contributed by atoms with Gasteiger partial charge >= 0.3 is 0 Å². The topological polar surface area (TPSA) is 84.3 Å². The van der Waals surface area contributed by atoms with Crippen LogP contribution in [0.4, 0.5) is 5.69 Å². The van der Waals surface area contributed by atoms with Gasteiger partial charge in [0.2, 0.25) is 11.8 Å². The molecule has 3 aliphatic heterocycles. The zero-order valence-corrected chi connectivity index (χ0v) is 22.7. The predicted octanol–water partition coefficient (Wildman–Crippen LogP) is 4.92. The van der Waals surface area contributed by atoms with E-state index >= 15 is 0 Å². The maximum absolute atomic E-state index is 14.8. The summed E-state index contributed by atoms with van der Waals surface area (Å²) in [5.74, 6) is -1.08. The number of hydrogen-bond acceptors (Lipinski definition) is 5. The summed E-state index contributed by atoms with van der Waals surface area (Å²) in [4.78, 5) is 49.7. The predicted molar refractivity (Wildman–Crippen MR) is 158 cm³/mol. The van der Waals surface area contributed by atoms with E-state index in [9.17, 15) is 14.4 Å². The number of nitrogens with zero attached hydrogens (tertiary/aromatic N) is 3. The summed E-state index contributed by atoms with van der Waals surface area (Å²) >= 11 is 0. The van der Waals surface area contributed by atoms with Gasteiger partial charge in [-0.15, -0.1) is 0 Å². The lowest BCUT2D eigenvalue weighted by Crippen LogP contribution is -2.50. The van der Waals surface area contributed by atoms with Gasteiger partial charge < -0.3 is 0 Å². The van der Waals surface area contributed by atoms with Crippen molar-refractivity contribution >= 4 is 39.2 Å². The second kappa shape index (κ2) is 8.44. The van der Waals surface area contributed by atoms with E-state index < -0.39 is 17.4 Å². The molecule has 2 fully saturated rings. The number of fused-ring (bicyclic) bond motifs is 9. The molecule has 1 aromatic heterocycles. The summed E-state index contributed by atoms with van der Waals surface area (Å²) in [6.07, 6.45) is 0.700. The van der Waals surface area contributed by atoms with Crippen molar-refractivity contribution < 1.29 is 9.59 Å². The van der Waals surface area contributed by atoms with E-state index in [2.05, 4.69) is 19.2 Å². The van der Waals surface area contributed by atoms with Crippen LogP contribution in [0.5, 0.6) is 0 Å². The molecule has 7 nitrogen and oxygen atoms in total. The first-order valence-corrected chi connectivity index (χ1v) is 14.2. The number of amides is 2. The number of nitrogens with one attached hydrogen (secondary N) is 1. The average Bonchev–Trinajstić information content (AvgIpc) is 3.55. The lowest BCUT2D eigenvalue weighted by atomic mass is 9.75. The highest BCUT2D eigenvalue weighted by atomic mass is 16.2. The summed E-state index contributed by atoms with van der Waals surface area (Å²) in [6, 6.07) is 28.3. The van der Waals surface area contributed by atoms with Crippen LogP contribution in [-0.4, -0.2) is 27.4 Å². The van der Waals surface area contributed by atoms with E-state index in [1.165, 1.54) is 4.90 Å². The molecule has 5 aromatic rings. The molecule has 2 amide bonds. The van der Waals surface area contributed by atoms with E-state index in [1.807, 2.05) is 84.9 Å². The molecule has 0 radical (unpaired) electrons. The number of aromatic nitrogens is 2. The van der Waals surface area contributed by atoms with Crippen LogP contribution in [0.1, 0.15) is 31.7 Å². The van der Waals surface area contributed by atoms with E-state index in [-0.39, 0.29) is 29.3 Å². The van der Waals surface area contributed by atoms with Crippen molar-refractivity contribution in [2.24, 2.45) is 17.8 Å². The van der Waals surface area contributed by atoms with Crippen molar-refractivity contribution in [2.75, 3.05) is 4.90 Å². The molecule has 8 rings (SSSR count). The van der Waals surface area contributed by atoms with Crippen molar-refractivity contribution in [3.8, 4) is 5.69 Å². The van der Waals surface area contributed by atoms with Crippen LogP contribution in [0.25, 0.3) is 27.4 Å². The van der Waals surface area contributed by atoms with Gasteiger partial charge in [0, 0.05) is 17.0 Å². The average molecular weight is 541 g/mol. The summed E-state index contributed by atoms with van der Waals surface area (Å²) in [5.41, 5.74) is 1.37. The third-order valence-electron chi connectivity index (χ3n) is 9.10.